The molecule has 7 rings (SSSR count). The number of alkyl halides is 3. The first kappa shape index (κ1) is 45.2. The molecule has 62 heavy (non-hydrogen) atoms. The van der Waals surface area contributed by atoms with Crippen molar-refractivity contribution in [2.45, 2.75) is 133 Å². The molecule has 7 atom stereocenters. The maximum Gasteiger partial charge on any atom is 0.427 e. The van der Waals surface area contributed by atoms with Crippen LogP contribution in [-0.4, -0.2) is 103 Å². The van der Waals surface area contributed by atoms with Crippen molar-refractivity contribution in [3.8, 4) is 17.5 Å². The lowest BCUT2D eigenvalue weighted by Gasteiger charge is -2.34. The zero-order valence-corrected chi connectivity index (χ0v) is 36.3. The van der Waals surface area contributed by atoms with Gasteiger partial charge in [-0.15, -0.1) is 0 Å². The van der Waals surface area contributed by atoms with Crippen molar-refractivity contribution in [3.05, 3.63) is 35.7 Å². The van der Waals surface area contributed by atoms with Gasteiger partial charge in [-0.3, -0.25) is 19.1 Å². The Morgan fingerprint density at radius 2 is 1.82 bits per heavy atom. The number of hydrogen-bond acceptors (Lipinski definition) is 11. The Labute approximate surface area is 357 Å². The predicted octanol–water partition coefficient (Wildman–Crippen LogP) is 5.38. The number of amides is 4. The number of benzene rings is 1. The molecule has 0 radical (unpaired) electrons. The van der Waals surface area contributed by atoms with Gasteiger partial charge < -0.3 is 34.5 Å². The fourth-order valence-electron chi connectivity index (χ4n) is 8.54. The van der Waals surface area contributed by atoms with Gasteiger partial charge in [0.1, 0.15) is 23.7 Å². The summed E-state index contributed by atoms with van der Waals surface area (Å²) in [7, 11) is -2.79. The van der Waals surface area contributed by atoms with E-state index in [4.69, 9.17) is 18.9 Å². The lowest BCUT2D eigenvalue weighted by molar-refractivity contribution is -0.244. The summed E-state index contributed by atoms with van der Waals surface area (Å²) in [4.78, 5) is 62.4. The average Bonchev–Trinajstić information content (AvgIpc) is 4.07. The number of allylic oxidation sites excluding steroid dienone is 1. The molecule has 4 heterocycles. The Balaban J connectivity index is 1.26. The second kappa shape index (κ2) is 16.3. The standard InChI is InChI=1S/C42H53F4N5O10S/c1-22-10-7-8-11-24-20-41(24,37(54)50-62(56,57)40(5)13-14-40)49-33(52)30-17-25(21-51(30)36(53)32(23(2)16-22)47-38(55)61-39(3,4)42(44,45)46)60-35-28-18-29(43)31(58-6)19-27(28)26-12-9-15-59-34(26)48-35/h8,11,18-19,22-25,30,32H,7,9-10,12-17,20-21H2,1-6H3,(H,47,55)(H,49,52)(H,50,54). The van der Waals surface area contributed by atoms with Crippen molar-refractivity contribution in [2.24, 2.45) is 17.8 Å². The molecule has 0 spiro atoms. The number of nitrogens with one attached hydrogen (secondary N) is 3. The second-order valence-corrected chi connectivity index (χ2v) is 20.4. The highest BCUT2D eigenvalue weighted by Crippen LogP contribution is 2.48. The van der Waals surface area contributed by atoms with Gasteiger partial charge in [0.15, 0.2) is 11.6 Å². The van der Waals surface area contributed by atoms with Crippen LogP contribution in [0.25, 0.3) is 10.8 Å². The Kier molecular flexibility index (Phi) is 11.9. The van der Waals surface area contributed by atoms with Crippen molar-refractivity contribution in [2.75, 3.05) is 20.3 Å². The van der Waals surface area contributed by atoms with E-state index in [1.165, 1.54) is 26.2 Å². The van der Waals surface area contributed by atoms with E-state index in [1.807, 2.05) is 13.0 Å². The highest BCUT2D eigenvalue weighted by Gasteiger charge is 2.63. The number of methoxy groups -OCH3 is 1. The molecule has 2 saturated carbocycles. The largest absolute Gasteiger partial charge is 0.494 e. The molecule has 15 nitrogen and oxygen atoms in total. The van der Waals surface area contributed by atoms with Crippen LogP contribution in [-0.2, 0) is 35.6 Å². The molecular weight excluding hydrogens is 843 g/mol. The first-order valence-electron chi connectivity index (χ1n) is 20.9. The minimum atomic E-state index is -4.95. The summed E-state index contributed by atoms with van der Waals surface area (Å²) in [6, 6.07) is -0.210. The van der Waals surface area contributed by atoms with Crippen molar-refractivity contribution in [1.29, 1.82) is 0 Å². The van der Waals surface area contributed by atoms with E-state index < -0.39 is 91.7 Å². The number of carbonyl (C=O) groups is 4. The molecule has 5 aliphatic rings. The van der Waals surface area contributed by atoms with E-state index in [2.05, 4.69) is 20.3 Å². The highest BCUT2D eigenvalue weighted by atomic mass is 32.2. The number of ether oxygens (including phenoxy) is 4. The molecule has 3 aliphatic heterocycles. The summed E-state index contributed by atoms with van der Waals surface area (Å²) in [6.45, 7) is 6.47. The lowest BCUT2D eigenvalue weighted by atomic mass is 9.88. The topological polar surface area (TPSA) is 192 Å². The van der Waals surface area contributed by atoms with Gasteiger partial charge in [0.25, 0.3) is 5.91 Å². The summed E-state index contributed by atoms with van der Waals surface area (Å²) < 4.78 is 107. The molecular formula is C42H53F4N5O10S. The zero-order chi connectivity index (χ0) is 45.2. The third-order valence-electron chi connectivity index (χ3n) is 12.9. The molecule has 1 saturated heterocycles. The molecule has 3 fully saturated rings. The van der Waals surface area contributed by atoms with E-state index in [9.17, 15) is 40.8 Å². The summed E-state index contributed by atoms with van der Waals surface area (Å²) >= 11 is 0. The number of fused-ring (bicyclic) bond motifs is 5. The van der Waals surface area contributed by atoms with Crippen LogP contribution in [0.5, 0.6) is 17.5 Å². The number of aromatic nitrogens is 1. The Morgan fingerprint density at radius 3 is 2.50 bits per heavy atom. The Morgan fingerprint density at radius 1 is 1.10 bits per heavy atom. The molecule has 4 amide bonds. The third kappa shape index (κ3) is 8.71. The minimum absolute atomic E-state index is 0.0270. The normalized spacial score (nSPS) is 28.8. The van der Waals surface area contributed by atoms with Crippen LogP contribution in [0.15, 0.2) is 24.3 Å². The van der Waals surface area contributed by atoms with E-state index in [0.717, 1.165) is 4.90 Å². The third-order valence-corrected chi connectivity index (χ3v) is 15.1. The van der Waals surface area contributed by atoms with Gasteiger partial charge in [-0.1, -0.05) is 26.0 Å². The monoisotopic (exact) mass is 895 g/mol. The quantitative estimate of drug-likeness (QED) is 0.228. The molecule has 0 bridgehead atoms. The van der Waals surface area contributed by atoms with Crippen LogP contribution in [0, 0.1) is 23.6 Å². The van der Waals surface area contributed by atoms with Crippen LogP contribution >= 0.6 is 0 Å². The van der Waals surface area contributed by atoms with Crippen LogP contribution in [0.4, 0.5) is 22.4 Å². The van der Waals surface area contributed by atoms with Crippen molar-refractivity contribution in [3.63, 3.8) is 0 Å². The van der Waals surface area contributed by atoms with E-state index in [-0.39, 0.29) is 48.2 Å². The van der Waals surface area contributed by atoms with Crippen LogP contribution in [0.3, 0.4) is 0 Å². The van der Waals surface area contributed by atoms with Crippen molar-refractivity contribution >= 4 is 44.6 Å². The number of carbonyl (C=O) groups excluding carboxylic acids is 4. The fourth-order valence-corrected chi connectivity index (χ4v) is 9.85. The van der Waals surface area contributed by atoms with E-state index in [0.29, 0.717) is 76.3 Å². The summed E-state index contributed by atoms with van der Waals surface area (Å²) in [5.41, 5.74) is -3.92. The molecule has 340 valence electrons. The maximum atomic E-state index is 15.3. The first-order valence-corrected chi connectivity index (χ1v) is 22.4. The summed E-state index contributed by atoms with van der Waals surface area (Å²) in [5.74, 6) is -4.54. The van der Waals surface area contributed by atoms with Gasteiger partial charge in [0.2, 0.25) is 39.2 Å². The van der Waals surface area contributed by atoms with Gasteiger partial charge in [0.05, 0.1) is 25.0 Å². The molecule has 3 N–H and O–H groups in total. The summed E-state index contributed by atoms with van der Waals surface area (Å²) in [5, 5.41) is 5.94. The molecule has 2 aliphatic carbocycles. The van der Waals surface area contributed by atoms with Crippen molar-refractivity contribution in [1.82, 2.24) is 25.2 Å². The lowest BCUT2D eigenvalue weighted by Crippen LogP contribution is -2.59. The second-order valence-electron chi connectivity index (χ2n) is 18.2. The molecule has 7 unspecified atom stereocenters. The zero-order valence-electron chi connectivity index (χ0n) is 35.4. The van der Waals surface area contributed by atoms with Crippen molar-refractivity contribution < 1.29 is 64.1 Å². The van der Waals surface area contributed by atoms with Gasteiger partial charge in [-0.2, -0.15) is 18.2 Å². The van der Waals surface area contributed by atoms with Crippen LogP contribution in [0.2, 0.25) is 0 Å². The van der Waals surface area contributed by atoms with E-state index >= 15 is 4.39 Å². The number of halogens is 4. The average molecular weight is 896 g/mol. The minimum Gasteiger partial charge on any atom is -0.494 e. The van der Waals surface area contributed by atoms with E-state index in [1.54, 1.807) is 13.0 Å². The first-order chi connectivity index (χ1) is 29.0. The summed E-state index contributed by atoms with van der Waals surface area (Å²) in [6.07, 6.45) is -0.680. The number of sulfonamides is 1. The molecule has 2 aromatic rings. The van der Waals surface area contributed by atoms with Crippen LogP contribution < -0.4 is 29.6 Å². The predicted molar refractivity (Wildman–Crippen MR) is 215 cm³/mol. The smallest absolute Gasteiger partial charge is 0.427 e. The van der Waals surface area contributed by atoms with Gasteiger partial charge in [0, 0.05) is 23.3 Å². The highest BCUT2D eigenvalue weighted by molar-refractivity contribution is 7.91. The number of rotatable bonds is 8. The molecule has 20 heteroatoms. The maximum absolute atomic E-state index is 15.3. The Hall–Kier alpha value is -4.88. The van der Waals surface area contributed by atoms with Crippen LogP contribution in [0.1, 0.15) is 91.5 Å². The molecule has 1 aromatic heterocycles. The number of hydrogen-bond donors (Lipinski definition) is 3. The molecule has 1 aromatic carbocycles. The number of pyridine rings is 1. The Bertz CT molecular complexity index is 2290. The number of nitrogens with zero attached hydrogens (tertiary/aromatic N) is 2. The van der Waals surface area contributed by atoms with Gasteiger partial charge in [-0.25, -0.2) is 17.6 Å². The van der Waals surface area contributed by atoms with Gasteiger partial charge >= 0.3 is 12.3 Å². The SMILES string of the molecule is COc1cc2c3c(nc(OC4CC5C(=O)NC6(C(=O)NS(=O)(=O)C7(C)CC7)CC6C=CCCC(C)CC(C)C(NC(=O)OC(C)(C)C(F)(F)F)C(=O)N5C4)c2cc1F)OCCC3. The number of alkyl carbamates (subject to hydrolysis) is 1. The van der Waals surface area contributed by atoms with Gasteiger partial charge in [-0.05, 0) is 101 Å². The fraction of sp³-hybridized carbons (Fsp3) is 0.643. The number of aryl methyl sites for hydroxylation is 1.